The fourth-order valence-electron chi connectivity index (χ4n) is 2.98. The molecule has 5 heteroatoms. The lowest BCUT2D eigenvalue weighted by Gasteiger charge is -2.05. The number of anilines is 1. The molecular formula is C25H22N4O. The zero-order chi connectivity index (χ0) is 20.8. The van der Waals surface area contributed by atoms with Crippen molar-refractivity contribution in [2.24, 2.45) is 0 Å². The van der Waals surface area contributed by atoms with Crippen LogP contribution in [0.1, 0.15) is 21.5 Å². The summed E-state index contributed by atoms with van der Waals surface area (Å²) in [5.74, 6) is 0.657. The standard InChI is InChI=1S/C25H22N4O/c1-19-12-15-22(16-13-19)24-27-25(26-18-21-10-6-3-7-11-21)29(28-24)23(30)17-14-20-8-4-2-5-9-20/h2-17H,18H2,1H3,(H,26,27,28). The summed E-state index contributed by atoms with van der Waals surface area (Å²) in [7, 11) is 0. The van der Waals surface area contributed by atoms with E-state index in [0.717, 1.165) is 22.3 Å². The van der Waals surface area contributed by atoms with E-state index in [0.29, 0.717) is 18.3 Å². The summed E-state index contributed by atoms with van der Waals surface area (Å²) in [6.07, 6.45) is 3.28. The number of allylic oxidation sites excluding steroid dienone is 1. The van der Waals surface area contributed by atoms with Crippen LogP contribution in [0.2, 0.25) is 0 Å². The maximum absolute atomic E-state index is 12.9. The lowest BCUT2D eigenvalue weighted by atomic mass is 10.1. The van der Waals surface area contributed by atoms with Gasteiger partial charge in [0.05, 0.1) is 0 Å². The number of carbonyl (C=O) groups excluding carboxylic acids is 1. The molecule has 0 aliphatic heterocycles. The van der Waals surface area contributed by atoms with Gasteiger partial charge >= 0.3 is 0 Å². The third-order valence-electron chi connectivity index (χ3n) is 4.64. The molecule has 1 N–H and O–H groups in total. The van der Waals surface area contributed by atoms with E-state index >= 15 is 0 Å². The zero-order valence-corrected chi connectivity index (χ0v) is 16.7. The molecule has 0 bridgehead atoms. The van der Waals surface area contributed by atoms with Crippen LogP contribution in [0.15, 0.2) is 91.0 Å². The van der Waals surface area contributed by atoms with Gasteiger partial charge in [-0.2, -0.15) is 9.67 Å². The summed E-state index contributed by atoms with van der Waals surface area (Å²) in [4.78, 5) is 17.5. The Morgan fingerprint density at radius 2 is 1.60 bits per heavy atom. The maximum Gasteiger partial charge on any atom is 0.274 e. The van der Waals surface area contributed by atoms with Crippen LogP contribution in [0, 0.1) is 6.92 Å². The van der Waals surface area contributed by atoms with E-state index in [1.165, 1.54) is 10.8 Å². The molecule has 0 amide bonds. The first kappa shape index (κ1) is 19.3. The number of nitrogens with zero attached hydrogens (tertiary/aromatic N) is 3. The van der Waals surface area contributed by atoms with Crippen molar-refractivity contribution >= 4 is 17.9 Å². The van der Waals surface area contributed by atoms with Gasteiger partial charge in [0.25, 0.3) is 5.91 Å². The van der Waals surface area contributed by atoms with Crippen LogP contribution in [0.3, 0.4) is 0 Å². The van der Waals surface area contributed by atoms with Crippen molar-refractivity contribution in [2.45, 2.75) is 13.5 Å². The Bertz CT molecular complexity index is 1150. The quantitative estimate of drug-likeness (QED) is 0.456. The smallest absolute Gasteiger partial charge is 0.274 e. The molecule has 0 aliphatic carbocycles. The van der Waals surface area contributed by atoms with Gasteiger partial charge in [0.1, 0.15) is 0 Å². The number of rotatable bonds is 6. The van der Waals surface area contributed by atoms with Crippen molar-refractivity contribution in [2.75, 3.05) is 5.32 Å². The molecule has 0 fully saturated rings. The first-order chi connectivity index (χ1) is 14.7. The average molecular weight is 394 g/mol. The van der Waals surface area contributed by atoms with E-state index in [9.17, 15) is 4.79 Å². The molecule has 4 rings (SSSR count). The predicted molar refractivity (Wildman–Crippen MR) is 120 cm³/mol. The Kier molecular flexibility index (Phi) is 5.80. The normalized spacial score (nSPS) is 11.0. The highest BCUT2D eigenvalue weighted by atomic mass is 16.2. The van der Waals surface area contributed by atoms with Crippen LogP contribution >= 0.6 is 0 Å². The number of hydrogen-bond donors (Lipinski definition) is 1. The number of aryl methyl sites for hydroxylation is 1. The lowest BCUT2D eigenvalue weighted by Crippen LogP contribution is -2.14. The minimum absolute atomic E-state index is 0.264. The summed E-state index contributed by atoms with van der Waals surface area (Å²) >= 11 is 0. The Hall–Kier alpha value is -3.99. The van der Waals surface area contributed by atoms with E-state index in [1.54, 1.807) is 6.08 Å². The van der Waals surface area contributed by atoms with Gasteiger partial charge in [-0.15, -0.1) is 5.10 Å². The molecule has 0 aliphatic rings. The first-order valence-electron chi connectivity index (χ1n) is 9.78. The SMILES string of the molecule is Cc1ccc(-c2nc(NCc3ccccc3)n(C(=O)C=Cc3ccccc3)n2)cc1. The number of aromatic nitrogens is 3. The van der Waals surface area contributed by atoms with Crippen molar-refractivity contribution in [3.63, 3.8) is 0 Å². The van der Waals surface area contributed by atoms with Crippen LogP contribution in [0.25, 0.3) is 17.5 Å². The molecule has 30 heavy (non-hydrogen) atoms. The first-order valence-corrected chi connectivity index (χ1v) is 9.78. The molecule has 1 aromatic heterocycles. The minimum atomic E-state index is -0.264. The van der Waals surface area contributed by atoms with Gasteiger partial charge in [0, 0.05) is 18.2 Å². The van der Waals surface area contributed by atoms with Crippen LogP contribution in [-0.2, 0) is 6.54 Å². The van der Waals surface area contributed by atoms with Gasteiger partial charge in [-0.05, 0) is 24.1 Å². The fraction of sp³-hybridized carbons (Fsp3) is 0.0800. The Labute approximate surface area is 175 Å². The van der Waals surface area contributed by atoms with Gasteiger partial charge < -0.3 is 5.32 Å². The molecule has 4 aromatic rings. The molecule has 0 unspecified atom stereocenters. The van der Waals surface area contributed by atoms with Crippen molar-refractivity contribution in [3.05, 3.63) is 108 Å². The number of benzene rings is 3. The van der Waals surface area contributed by atoms with Crippen molar-refractivity contribution < 1.29 is 4.79 Å². The molecule has 5 nitrogen and oxygen atoms in total. The molecule has 0 saturated heterocycles. The van der Waals surface area contributed by atoms with Crippen molar-refractivity contribution in [1.82, 2.24) is 14.8 Å². The molecule has 1 heterocycles. The third kappa shape index (κ3) is 4.70. The van der Waals surface area contributed by atoms with Crippen LogP contribution in [0.4, 0.5) is 5.95 Å². The van der Waals surface area contributed by atoms with Gasteiger partial charge in [-0.1, -0.05) is 90.5 Å². The monoisotopic (exact) mass is 394 g/mol. The second-order valence-electron chi connectivity index (χ2n) is 6.96. The highest BCUT2D eigenvalue weighted by Gasteiger charge is 2.15. The predicted octanol–water partition coefficient (Wildman–Crippen LogP) is 5.22. The average Bonchev–Trinajstić information content (AvgIpc) is 3.22. The molecule has 148 valence electrons. The zero-order valence-electron chi connectivity index (χ0n) is 16.7. The van der Waals surface area contributed by atoms with E-state index in [4.69, 9.17) is 0 Å². The molecular weight excluding hydrogens is 372 g/mol. The second kappa shape index (κ2) is 9.01. The number of hydrogen-bond acceptors (Lipinski definition) is 4. The highest BCUT2D eigenvalue weighted by Crippen LogP contribution is 2.19. The Morgan fingerprint density at radius 3 is 2.30 bits per heavy atom. The summed E-state index contributed by atoms with van der Waals surface area (Å²) < 4.78 is 1.32. The Balaban J connectivity index is 1.63. The minimum Gasteiger partial charge on any atom is -0.350 e. The van der Waals surface area contributed by atoms with E-state index in [-0.39, 0.29) is 5.91 Å². The molecule has 3 aromatic carbocycles. The largest absolute Gasteiger partial charge is 0.350 e. The summed E-state index contributed by atoms with van der Waals surface area (Å²) in [5.41, 5.74) is 4.06. The Morgan fingerprint density at radius 1 is 0.933 bits per heavy atom. The highest BCUT2D eigenvalue weighted by molar-refractivity contribution is 5.94. The fourth-order valence-corrected chi connectivity index (χ4v) is 2.98. The van der Waals surface area contributed by atoms with Crippen molar-refractivity contribution in [3.8, 4) is 11.4 Å². The number of carbonyl (C=O) groups is 1. The van der Waals surface area contributed by atoms with E-state index < -0.39 is 0 Å². The lowest BCUT2D eigenvalue weighted by molar-refractivity contribution is 0.0957. The van der Waals surface area contributed by atoms with Gasteiger partial charge in [0.15, 0.2) is 5.82 Å². The molecule has 0 spiro atoms. The van der Waals surface area contributed by atoms with Gasteiger partial charge in [0.2, 0.25) is 5.95 Å². The van der Waals surface area contributed by atoms with E-state index in [1.807, 2.05) is 91.9 Å². The summed E-state index contributed by atoms with van der Waals surface area (Å²) in [6.45, 7) is 2.57. The van der Waals surface area contributed by atoms with Crippen molar-refractivity contribution in [1.29, 1.82) is 0 Å². The molecule has 0 radical (unpaired) electrons. The summed E-state index contributed by atoms with van der Waals surface area (Å²) in [5, 5.41) is 7.72. The summed E-state index contributed by atoms with van der Waals surface area (Å²) in [6, 6.07) is 27.6. The molecule has 0 atom stereocenters. The maximum atomic E-state index is 12.9. The topological polar surface area (TPSA) is 59.8 Å². The van der Waals surface area contributed by atoms with Crippen LogP contribution in [0.5, 0.6) is 0 Å². The second-order valence-corrected chi connectivity index (χ2v) is 6.96. The third-order valence-corrected chi connectivity index (χ3v) is 4.64. The van der Waals surface area contributed by atoms with Crippen LogP contribution < -0.4 is 5.32 Å². The van der Waals surface area contributed by atoms with Gasteiger partial charge in [-0.3, -0.25) is 4.79 Å². The van der Waals surface area contributed by atoms with Crippen LogP contribution in [-0.4, -0.2) is 20.7 Å². The number of nitrogens with one attached hydrogen (secondary N) is 1. The molecule has 0 saturated carbocycles. The van der Waals surface area contributed by atoms with E-state index in [2.05, 4.69) is 15.4 Å². The van der Waals surface area contributed by atoms with Gasteiger partial charge in [-0.25, -0.2) is 0 Å².